The molecule has 1 aromatic carbocycles. The number of amides is 1. The molecule has 1 atom stereocenters. The Morgan fingerprint density at radius 1 is 0.935 bits per heavy atom. The number of likely N-dealkylation sites (tertiary alicyclic amines) is 1. The van der Waals surface area contributed by atoms with Gasteiger partial charge in [0.2, 0.25) is 0 Å². The average Bonchev–Trinajstić information content (AvgIpc) is 3.27. The summed E-state index contributed by atoms with van der Waals surface area (Å²) in [4.78, 5) is 26.6. The van der Waals surface area contributed by atoms with Crippen molar-refractivity contribution < 1.29 is 18.7 Å². The van der Waals surface area contributed by atoms with Gasteiger partial charge >= 0.3 is 5.97 Å². The summed E-state index contributed by atoms with van der Waals surface area (Å²) in [6.07, 6.45) is 16.4. The van der Waals surface area contributed by atoms with Crippen LogP contribution in [0, 0.1) is 5.82 Å². The van der Waals surface area contributed by atoms with Crippen molar-refractivity contribution in [3.05, 3.63) is 35.6 Å². The molecule has 1 aliphatic heterocycles. The molecular formula is C26H40FNO3. The highest BCUT2D eigenvalue weighted by molar-refractivity contribution is 5.97. The molecule has 1 aliphatic rings. The number of rotatable bonds is 15. The summed E-state index contributed by atoms with van der Waals surface area (Å²) in [6.45, 7) is 3.11. The maximum atomic E-state index is 13.9. The van der Waals surface area contributed by atoms with Gasteiger partial charge in [-0.3, -0.25) is 4.79 Å². The number of esters is 1. The van der Waals surface area contributed by atoms with E-state index in [-0.39, 0.29) is 11.5 Å². The summed E-state index contributed by atoms with van der Waals surface area (Å²) in [5.74, 6) is -1.34. The van der Waals surface area contributed by atoms with Crippen LogP contribution in [0.1, 0.15) is 107 Å². The lowest BCUT2D eigenvalue weighted by Gasteiger charge is -2.23. The van der Waals surface area contributed by atoms with Crippen LogP contribution in [-0.2, 0) is 9.53 Å². The lowest BCUT2D eigenvalue weighted by molar-refractivity contribution is -0.148. The van der Waals surface area contributed by atoms with Gasteiger partial charge in [0.05, 0.1) is 12.2 Å². The Labute approximate surface area is 187 Å². The molecular weight excluding hydrogens is 393 g/mol. The SMILES string of the molecule is CCCCCCCCCCCCCCOC(=O)C1CCCN1C(=O)c1ccccc1F. The number of hydrogen-bond acceptors (Lipinski definition) is 3. The molecule has 0 aromatic heterocycles. The molecule has 174 valence electrons. The molecule has 1 fully saturated rings. The molecule has 1 aromatic rings. The molecule has 1 heterocycles. The van der Waals surface area contributed by atoms with Crippen LogP contribution >= 0.6 is 0 Å². The maximum Gasteiger partial charge on any atom is 0.328 e. The first-order chi connectivity index (χ1) is 15.1. The lowest BCUT2D eigenvalue weighted by Crippen LogP contribution is -2.41. The lowest BCUT2D eigenvalue weighted by atomic mass is 10.1. The van der Waals surface area contributed by atoms with Crippen LogP contribution in [0.25, 0.3) is 0 Å². The fourth-order valence-electron chi connectivity index (χ4n) is 4.26. The highest BCUT2D eigenvalue weighted by atomic mass is 19.1. The summed E-state index contributed by atoms with van der Waals surface area (Å²) in [5.41, 5.74) is 0.0168. The summed E-state index contributed by atoms with van der Waals surface area (Å²) >= 11 is 0. The Morgan fingerprint density at radius 3 is 2.13 bits per heavy atom. The van der Waals surface area contributed by atoms with Crippen molar-refractivity contribution in [2.45, 2.75) is 103 Å². The zero-order chi connectivity index (χ0) is 22.3. The number of unbranched alkanes of at least 4 members (excludes halogenated alkanes) is 11. The first kappa shape index (κ1) is 25.4. The van der Waals surface area contributed by atoms with Crippen LogP contribution in [0.3, 0.4) is 0 Å². The molecule has 1 unspecified atom stereocenters. The monoisotopic (exact) mass is 433 g/mol. The van der Waals surface area contributed by atoms with Crippen LogP contribution in [0.5, 0.6) is 0 Å². The molecule has 31 heavy (non-hydrogen) atoms. The molecule has 0 radical (unpaired) electrons. The van der Waals surface area contributed by atoms with E-state index in [4.69, 9.17) is 4.74 Å². The minimum Gasteiger partial charge on any atom is -0.464 e. The van der Waals surface area contributed by atoms with E-state index in [9.17, 15) is 14.0 Å². The number of ether oxygens (including phenoxy) is 1. The van der Waals surface area contributed by atoms with Gasteiger partial charge in [0.25, 0.3) is 5.91 Å². The van der Waals surface area contributed by atoms with Crippen molar-refractivity contribution in [1.82, 2.24) is 4.90 Å². The molecule has 2 rings (SSSR count). The van der Waals surface area contributed by atoms with Crippen LogP contribution < -0.4 is 0 Å². The molecule has 0 spiro atoms. The molecule has 0 saturated carbocycles. The van der Waals surface area contributed by atoms with Crippen molar-refractivity contribution in [3.8, 4) is 0 Å². The largest absolute Gasteiger partial charge is 0.464 e. The molecule has 5 heteroatoms. The minimum atomic E-state index is -0.593. The van der Waals surface area contributed by atoms with Crippen LogP contribution in [0.15, 0.2) is 24.3 Å². The van der Waals surface area contributed by atoms with E-state index in [1.54, 1.807) is 12.1 Å². The van der Waals surface area contributed by atoms with Crippen molar-refractivity contribution >= 4 is 11.9 Å². The highest BCUT2D eigenvalue weighted by Crippen LogP contribution is 2.22. The second-order valence-electron chi connectivity index (χ2n) is 8.69. The summed E-state index contributed by atoms with van der Waals surface area (Å²) < 4.78 is 19.4. The van der Waals surface area contributed by atoms with E-state index < -0.39 is 17.8 Å². The topological polar surface area (TPSA) is 46.6 Å². The number of carbonyl (C=O) groups excluding carboxylic acids is 2. The number of carbonyl (C=O) groups is 2. The van der Waals surface area contributed by atoms with Gasteiger partial charge in [0, 0.05) is 6.54 Å². The van der Waals surface area contributed by atoms with E-state index in [0.29, 0.717) is 19.6 Å². The summed E-state index contributed by atoms with van der Waals surface area (Å²) in [6, 6.07) is 5.32. The van der Waals surface area contributed by atoms with Crippen molar-refractivity contribution in [2.75, 3.05) is 13.2 Å². The molecule has 0 N–H and O–H groups in total. The number of halogens is 1. The molecule has 4 nitrogen and oxygen atoms in total. The third-order valence-electron chi connectivity index (χ3n) is 6.13. The Kier molecular flexibility index (Phi) is 12.3. The van der Waals surface area contributed by atoms with E-state index in [1.165, 1.54) is 81.2 Å². The van der Waals surface area contributed by atoms with Gasteiger partial charge in [0.1, 0.15) is 11.9 Å². The van der Waals surface area contributed by atoms with E-state index >= 15 is 0 Å². The third kappa shape index (κ3) is 9.00. The van der Waals surface area contributed by atoms with Gasteiger partial charge in [-0.25, -0.2) is 9.18 Å². The number of hydrogen-bond donors (Lipinski definition) is 0. The second kappa shape index (κ2) is 15.0. The zero-order valence-corrected chi connectivity index (χ0v) is 19.3. The highest BCUT2D eigenvalue weighted by Gasteiger charge is 2.36. The minimum absolute atomic E-state index is 0.0168. The Bertz CT molecular complexity index is 664. The summed E-state index contributed by atoms with van der Waals surface area (Å²) in [5, 5.41) is 0. The molecule has 1 amide bonds. The zero-order valence-electron chi connectivity index (χ0n) is 19.3. The number of benzene rings is 1. The van der Waals surface area contributed by atoms with E-state index in [2.05, 4.69) is 6.92 Å². The van der Waals surface area contributed by atoms with Crippen molar-refractivity contribution in [2.24, 2.45) is 0 Å². The van der Waals surface area contributed by atoms with Gasteiger partial charge in [0.15, 0.2) is 0 Å². The summed E-state index contributed by atoms with van der Waals surface area (Å²) in [7, 11) is 0. The second-order valence-corrected chi connectivity index (χ2v) is 8.69. The van der Waals surface area contributed by atoms with Crippen LogP contribution in [0.2, 0.25) is 0 Å². The fraction of sp³-hybridized carbons (Fsp3) is 0.692. The van der Waals surface area contributed by atoms with E-state index in [0.717, 1.165) is 19.3 Å². The van der Waals surface area contributed by atoms with Crippen LogP contribution in [-0.4, -0.2) is 36.0 Å². The molecule has 1 saturated heterocycles. The van der Waals surface area contributed by atoms with E-state index in [1.807, 2.05) is 0 Å². The third-order valence-corrected chi connectivity index (χ3v) is 6.13. The van der Waals surface area contributed by atoms with Gasteiger partial charge in [-0.1, -0.05) is 89.7 Å². The first-order valence-electron chi connectivity index (χ1n) is 12.4. The van der Waals surface area contributed by atoms with Gasteiger partial charge in [-0.2, -0.15) is 0 Å². The van der Waals surface area contributed by atoms with Gasteiger partial charge in [-0.05, 0) is 31.4 Å². The van der Waals surface area contributed by atoms with Gasteiger partial charge in [-0.15, -0.1) is 0 Å². The normalized spacial score (nSPS) is 15.9. The molecule has 0 bridgehead atoms. The van der Waals surface area contributed by atoms with Crippen molar-refractivity contribution in [1.29, 1.82) is 0 Å². The van der Waals surface area contributed by atoms with Crippen LogP contribution in [0.4, 0.5) is 4.39 Å². The Balaban J connectivity index is 1.55. The maximum absolute atomic E-state index is 13.9. The standard InChI is InChI=1S/C26H40FNO3/c1-2-3-4-5-6-7-8-9-10-11-12-15-21-31-26(30)24-19-16-20-28(24)25(29)22-17-13-14-18-23(22)27/h13-14,17-18,24H,2-12,15-16,19-21H2,1H3. The quantitative estimate of drug-likeness (QED) is 0.229. The number of nitrogens with zero attached hydrogens (tertiary/aromatic N) is 1. The predicted octanol–water partition coefficient (Wildman–Crippen LogP) is 6.67. The van der Waals surface area contributed by atoms with Gasteiger partial charge < -0.3 is 9.64 Å². The smallest absolute Gasteiger partial charge is 0.328 e. The first-order valence-corrected chi connectivity index (χ1v) is 12.4. The molecule has 0 aliphatic carbocycles. The Hall–Kier alpha value is -1.91. The average molecular weight is 434 g/mol. The predicted molar refractivity (Wildman–Crippen MR) is 122 cm³/mol. The van der Waals surface area contributed by atoms with Crippen molar-refractivity contribution in [3.63, 3.8) is 0 Å². The fourth-order valence-corrected chi connectivity index (χ4v) is 4.26. The Morgan fingerprint density at radius 2 is 1.52 bits per heavy atom.